The molecule has 0 saturated heterocycles. The van der Waals surface area contributed by atoms with Gasteiger partial charge in [0.1, 0.15) is 0 Å². The summed E-state index contributed by atoms with van der Waals surface area (Å²) in [6.45, 7) is 0.637. The second kappa shape index (κ2) is 7.54. The van der Waals surface area contributed by atoms with Crippen LogP contribution >= 0.6 is 24.0 Å². The first-order chi connectivity index (χ1) is 7.93. The maximum atomic E-state index is 11.0. The Bertz CT molecular complexity index is 499. The molecule has 0 saturated carbocycles. The molecule has 102 valence electrons. The lowest BCUT2D eigenvalue weighted by atomic mass is 10.1. The molecule has 1 aromatic rings. The summed E-state index contributed by atoms with van der Waals surface area (Å²) in [6, 6.07) is 6.42. The Labute approximate surface area is 124 Å². The monoisotopic (exact) mass is 384 g/mol. The van der Waals surface area contributed by atoms with Crippen LogP contribution in [0.2, 0.25) is 0 Å². The highest BCUT2D eigenvalue weighted by Crippen LogP contribution is 2.08. The second-order valence-electron chi connectivity index (χ2n) is 3.47. The van der Waals surface area contributed by atoms with Crippen molar-refractivity contribution in [3.8, 4) is 0 Å². The topological polar surface area (TPSA) is 111 Å². The third-order valence-electron chi connectivity index (χ3n) is 2.21. The zero-order valence-electron chi connectivity index (χ0n) is 9.96. The number of hydrogen-bond acceptors (Lipinski definition) is 3. The molecule has 0 amide bonds. The van der Waals surface area contributed by atoms with Gasteiger partial charge in [-0.05, 0) is 24.1 Å². The van der Waals surface area contributed by atoms with Crippen LogP contribution in [0.4, 0.5) is 0 Å². The SMILES string of the molecule is CN=C(N)NCCc1ccc(S(N)(=O)=O)cc1.I. The standard InChI is InChI=1S/C10H16N4O2S.HI/c1-13-10(11)14-7-6-8-2-4-9(5-3-8)17(12,15)16;/h2-5H,6-7H2,1H3,(H3,11,13,14)(H2,12,15,16);1H. The van der Waals surface area contributed by atoms with Crippen molar-refractivity contribution in [3.63, 3.8) is 0 Å². The third-order valence-corrected chi connectivity index (χ3v) is 3.14. The Morgan fingerprint density at radius 2 is 1.89 bits per heavy atom. The normalized spacial score (nSPS) is 11.8. The summed E-state index contributed by atoms with van der Waals surface area (Å²) in [5.41, 5.74) is 6.46. The number of nitrogens with two attached hydrogens (primary N) is 2. The molecule has 0 heterocycles. The Hall–Kier alpha value is -0.870. The summed E-state index contributed by atoms with van der Waals surface area (Å²) in [5.74, 6) is 0.381. The van der Waals surface area contributed by atoms with E-state index in [2.05, 4.69) is 10.3 Å². The van der Waals surface area contributed by atoms with Crippen LogP contribution in [0.3, 0.4) is 0 Å². The number of halogens is 1. The molecule has 0 aliphatic rings. The van der Waals surface area contributed by atoms with E-state index in [-0.39, 0.29) is 28.9 Å². The second-order valence-corrected chi connectivity index (χ2v) is 5.04. The van der Waals surface area contributed by atoms with Crippen molar-refractivity contribution in [3.05, 3.63) is 29.8 Å². The van der Waals surface area contributed by atoms with E-state index in [1.807, 2.05) is 0 Å². The predicted molar refractivity (Wildman–Crippen MR) is 82.5 cm³/mol. The highest BCUT2D eigenvalue weighted by atomic mass is 127. The van der Waals surface area contributed by atoms with Crippen LogP contribution < -0.4 is 16.2 Å². The van der Waals surface area contributed by atoms with Gasteiger partial charge in [0.2, 0.25) is 10.0 Å². The maximum absolute atomic E-state index is 11.0. The molecular formula is C10H17IN4O2S. The van der Waals surface area contributed by atoms with E-state index in [1.54, 1.807) is 19.2 Å². The first kappa shape index (κ1) is 17.1. The number of nitrogens with zero attached hydrogens (tertiary/aromatic N) is 1. The molecule has 8 heteroatoms. The molecular weight excluding hydrogens is 367 g/mol. The number of rotatable bonds is 4. The van der Waals surface area contributed by atoms with E-state index >= 15 is 0 Å². The van der Waals surface area contributed by atoms with Gasteiger partial charge in [0.25, 0.3) is 0 Å². The molecule has 1 rings (SSSR count). The summed E-state index contributed by atoms with van der Waals surface area (Å²) in [6.07, 6.45) is 0.723. The van der Waals surface area contributed by atoms with Crippen molar-refractivity contribution in [2.75, 3.05) is 13.6 Å². The lowest BCUT2D eigenvalue weighted by Crippen LogP contribution is -2.32. The van der Waals surface area contributed by atoms with Crippen molar-refractivity contribution in [2.45, 2.75) is 11.3 Å². The Kier molecular flexibility index (Phi) is 7.18. The molecule has 0 aromatic heterocycles. The molecule has 0 spiro atoms. The van der Waals surface area contributed by atoms with Crippen molar-refractivity contribution < 1.29 is 8.42 Å². The van der Waals surface area contributed by atoms with Gasteiger partial charge in [-0.3, -0.25) is 4.99 Å². The van der Waals surface area contributed by atoms with Crippen LogP contribution in [0.5, 0.6) is 0 Å². The van der Waals surface area contributed by atoms with Gasteiger partial charge in [-0.25, -0.2) is 13.6 Å². The number of primary sulfonamides is 1. The zero-order valence-corrected chi connectivity index (χ0v) is 13.1. The Balaban J connectivity index is 0.00000289. The lowest BCUT2D eigenvalue weighted by Gasteiger charge is -2.05. The van der Waals surface area contributed by atoms with Crippen LogP contribution in [0.25, 0.3) is 0 Å². The summed E-state index contributed by atoms with van der Waals surface area (Å²) < 4.78 is 22.0. The summed E-state index contributed by atoms with van der Waals surface area (Å²) >= 11 is 0. The predicted octanol–water partition coefficient (Wildman–Crippen LogP) is 0.0286. The summed E-state index contributed by atoms with van der Waals surface area (Å²) in [5, 5.41) is 7.90. The molecule has 0 aliphatic carbocycles. The van der Waals surface area contributed by atoms with Crippen LogP contribution in [0, 0.1) is 0 Å². The average Bonchev–Trinajstić information content (AvgIpc) is 2.28. The van der Waals surface area contributed by atoms with Crippen LogP contribution in [0.1, 0.15) is 5.56 Å². The van der Waals surface area contributed by atoms with Gasteiger partial charge in [-0.2, -0.15) is 0 Å². The van der Waals surface area contributed by atoms with E-state index in [0.717, 1.165) is 12.0 Å². The molecule has 0 bridgehead atoms. The molecule has 5 N–H and O–H groups in total. The Morgan fingerprint density at radius 1 is 1.33 bits per heavy atom. The molecule has 0 aliphatic heterocycles. The number of aliphatic imine (C=N–C) groups is 1. The minimum Gasteiger partial charge on any atom is -0.370 e. The molecule has 0 unspecified atom stereocenters. The number of nitrogens with one attached hydrogen (secondary N) is 1. The summed E-state index contributed by atoms with van der Waals surface area (Å²) in [7, 11) is -2.01. The van der Waals surface area contributed by atoms with Crippen molar-refractivity contribution in [2.24, 2.45) is 15.9 Å². The van der Waals surface area contributed by atoms with Gasteiger partial charge >= 0.3 is 0 Å². The van der Waals surface area contributed by atoms with E-state index < -0.39 is 10.0 Å². The largest absolute Gasteiger partial charge is 0.370 e. The quantitative estimate of drug-likeness (QED) is 0.386. The third kappa shape index (κ3) is 5.65. The van der Waals surface area contributed by atoms with E-state index in [1.165, 1.54) is 12.1 Å². The highest BCUT2D eigenvalue weighted by molar-refractivity contribution is 14.0. The van der Waals surface area contributed by atoms with E-state index in [0.29, 0.717) is 12.5 Å². The fourth-order valence-corrected chi connectivity index (χ4v) is 1.78. The van der Waals surface area contributed by atoms with Gasteiger partial charge in [-0.15, -0.1) is 24.0 Å². The van der Waals surface area contributed by atoms with Crippen molar-refractivity contribution in [1.29, 1.82) is 0 Å². The maximum Gasteiger partial charge on any atom is 0.238 e. The van der Waals surface area contributed by atoms with Gasteiger partial charge in [0.15, 0.2) is 5.96 Å². The summed E-state index contributed by atoms with van der Waals surface area (Å²) in [4.78, 5) is 3.87. The van der Waals surface area contributed by atoms with Crippen molar-refractivity contribution in [1.82, 2.24) is 5.32 Å². The average molecular weight is 384 g/mol. The Morgan fingerprint density at radius 3 is 2.33 bits per heavy atom. The molecule has 0 radical (unpaired) electrons. The van der Waals surface area contributed by atoms with Crippen LogP contribution in [0.15, 0.2) is 34.2 Å². The van der Waals surface area contributed by atoms with Crippen molar-refractivity contribution >= 4 is 40.0 Å². The molecule has 6 nitrogen and oxygen atoms in total. The smallest absolute Gasteiger partial charge is 0.238 e. The molecule has 1 aromatic carbocycles. The minimum atomic E-state index is -3.61. The van der Waals surface area contributed by atoms with Gasteiger partial charge in [0.05, 0.1) is 4.90 Å². The number of hydrogen-bond donors (Lipinski definition) is 3. The fourth-order valence-electron chi connectivity index (χ4n) is 1.26. The number of benzene rings is 1. The van der Waals surface area contributed by atoms with Gasteiger partial charge in [0, 0.05) is 13.6 Å². The first-order valence-corrected chi connectivity index (χ1v) is 6.56. The molecule has 18 heavy (non-hydrogen) atoms. The van der Waals surface area contributed by atoms with Gasteiger partial charge < -0.3 is 11.1 Å². The van der Waals surface area contributed by atoms with Crippen LogP contribution in [-0.4, -0.2) is 28.0 Å². The molecule has 0 atom stereocenters. The van der Waals surface area contributed by atoms with Crippen LogP contribution in [-0.2, 0) is 16.4 Å². The first-order valence-electron chi connectivity index (χ1n) is 5.01. The fraction of sp³-hybridized carbons (Fsp3) is 0.300. The van der Waals surface area contributed by atoms with E-state index in [4.69, 9.17) is 10.9 Å². The number of sulfonamides is 1. The zero-order chi connectivity index (χ0) is 12.9. The lowest BCUT2D eigenvalue weighted by molar-refractivity contribution is 0.598. The minimum absolute atomic E-state index is 0. The van der Waals surface area contributed by atoms with E-state index in [9.17, 15) is 8.42 Å². The van der Waals surface area contributed by atoms with Gasteiger partial charge in [-0.1, -0.05) is 12.1 Å². The molecule has 0 fully saturated rings. The number of guanidine groups is 1. The highest BCUT2D eigenvalue weighted by Gasteiger charge is 2.06.